The highest BCUT2D eigenvalue weighted by Gasteiger charge is 2.24. The summed E-state index contributed by atoms with van der Waals surface area (Å²) in [7, 11) is 1.57. The molecule has 9 nitrogen and oxygen atoms in total. The SMILES string of the molecule is COCCOCOc1ccc(Cl)cc1C(=O)Nc1ccc(N2CCCC(CNC(=O)OC(C)(C)C)C2)c(F)c1. The van der Waals surface area contributed by atoms with E-state index in [1.807, 2.05) is 25.7 Å². The Balaban J connectivity index is 1.60. The number of alkyl carbamates (subject to hydrolysis) is 1. The molecule has 39 heavy (non-hydrogen) atoms. The molecular formula is C28H37ClFN3O6. The molecule has 1 aliphatic rings. The maximum Gasteiger partial charge on any atom is 0.407 e. The first-order valence-electron chi connectivity index (χ1n) is 12.9. The van der Waals surface area contributed by atoms with Gasteiger partial charge in [0.25, 0.3) is 5.91 Å². The normalized spacial score (nSPS) is 15.5. The first-order valence-corrected chi connectivity index (χ1v) is 13.2. The van der Waals surface area contributed by atoms with Crippen LogP contribution in [-0.4, -0.2) is 64.4 Å². The van der Waals surface area contributed by atoms with Crippen molar-refractivity contribution in [2.75, 3.05) is 57.0 Å². The van der Waals surface area contributed by atoms with Crippen LogP contribution in [0.2, 0.25) is 5.02 Å². The summed E-state index contributed by atoms with van der Waals surface area (Å²) in [4.78, 5) is 26.9. The van der Waals surface area contributed by atoms with Crippen LogP contribution in [0.3, 0.4) is 0 Å². The van der Waals surface area contributed by atoms with Gasteiger partial charge in [-0.25, -0.2) is 9.18 Å². The van der Waals surface area contributed by atoms with Gasteiger partial charge in [-0.1, -0.05) is 11.6 Å². The Kier molecular flexibility index (Phi) is 11.2. The van der Waals surface area contributed by atoms with Gasteiger partial charge in [-0.3, -0.25) is 4.79 Å². The fourth-order valence-corrected chi connectivity index (χ4v) is 4.32. The molecule has 1 aliphatic heterocycles. The molecule has 0 saturated carbocycles. The summed E-state index contributed by atoms with van der Waals surface area (Å²) >= 11 is 6.10. The maximum absolute atomic E-state index is 15.2. The minimum Gasteiger partial charge on any atom is -0.467 e. The monoisotopic (exact) mass is 565 g/mol. The van der Waals surface area contributed by atoms with Crippen LogP contribution in [0.1, 0.15) is 44.0 Å². The van der Waals surface area contributed by atoms with E-state index in [1.54, 1.807) is 31.4 Å². The van der Waals surface area contributed by atoms with Crippen molar-refractivity contribution in [2.45, 2.75) is 39.2 Å². The summed E-state index contributed by atoms with van der Waals surface area (Å²) in [5, 5.41) is 5.88. The second-order valence-electron chi connectivity index (χ2n) is 10.3. The maximum atomic E-state index is 15.2. The van der Waals surface area contributed by atoms with Crippen LogP contribution in [0.15, 0.2) is 36.4 Å². The summed E-state index contributed by atoms with van der Waals surface area (Å²) in [6.45, 7) is 7.86. The zero-order valence-corrected chi connectivity index (χ0v) is 23.6. The van der Waals surface area contributed by atoms with Crippen LogP contribution >= 0.6 is 11.6 Å². The van der Waals surface area contributed by atoms with E-state index in [1.165, 1.54) is 12.1 Å². The van der Waals surface area contributed by atoms with E-state index in [-0.39, 0.29) is 24.0 Å². The van der Waals surface area contributed by atoms with E-state index in [0.29, 0.717) is 49.2 Å². The number of hydrogen-bond donors (Lipinski definition) is 2. The van der Waals surface area contributed by atoms with Crippen molar-refractivity contribution in [2.24, 2.45) is 5.92 Å². The van der Waals surface area contributed by atoms with Crippen molar-refractivity contribution in [1.82, 2.24) is 5.32 Å². The van der Waals surface area contributed by atoms with E-state index in [0.717, 1.165) is 12.8 Å². The molecule has 0 aromatic heterocycles. The topological polar surface area (TPSA) is 98.4 Å². The van der Waals surface area contributed by atoms with Gasteiger partial charge in [0, 0.05) is 37.5 Å². The molecular weight excluding hydrogens is 529 g/mol. The number of halogens is 2. The van der Waals surface area contributed by atoms with Gasteiger partial charge >= 0.3 is 6.09 Å². The molecule has 2 aromatic rings. The van der Waals surface area contributed by atoms with E-state index >= 15 is 4.39 Å². The van der Waals surface area contributed by atoms with Crippen LogP contribution < -0.4 is 20.3 Å². The number of carbonyl (C=O) groups excluding carboxylic acids is 2. The quantitative estimate of drug-likeness (QED) is 0.275. The lowest BCUT2D eigenvalue weighted by molar-refractivity contribution is -0.00872. The summed E-state index contributed by atoms with van der Waals surface area (Å²) < 4.78 is 36.3. The Labute approximate surface area is 233 Å². The van der Waals surface area contributed by atoms with Crippen molar-refractivity contribution in [3.63, 3.8) is 0 Å². The number of carbonyl (C=O) groups is 2. The van der Waals surface area contributed by atoms with Crippen LogP contribution in [-0.2, 0) is 14.2 Å². The third-order valence-electron chi connectivity index (χ3n) is 5.91. The molecule has 0 radical (unpaired) electrons. The van der Waals surface area contributed by atoms with Crippen molar-refractivity contribution in [1.29, 1.82) is 0 Å². The van der Waals surface area contributed by atoms with Crippen LogP contribution in [0, 0.1) is 11.7 Å². The standard InChI is InChI=1S/C28H37ClFN3O6/c1-28(2,3)39-27(35)31-16-19-6-5-11-33(17-19)24-9-8-21(15-23(24)30)32-26(34)22-14-20(29)7-10-25(22)38-18-37-13-12-36-4/h7-10,14-15,19H,5-6,11-13,16-18H2,1-4H3,(H,31,35)(H,32,34). The van der Waals surface area contributed by atoms with E-state index < -0.39 is 23.4 Å². The number of piperidine rings is 1. The second-order valence-corrected chi connectivity index (χ2v) is 10.7. The number of hydrogen-bond acceptors (Lipinski definition) is 7. The Morgan fingerprint density at radius 1 is 1.15 bits per heavy atom. The van der Waals surface area contributed by atoms with Gasteiger partial charge < -0.3 is 34.5 Å². The number of nitrogens with one attached hydrogen (secondary N) is 2. The highest BCUT2D eigenvalue weighted by molar-refractivity contribution is 6.31. The lowest BCUT2D eigenvalue weighted by Gasteiger charge is -2.35. The Morgan fingerprint density at radius 2 is 1.95 bits per heavy atom. The molecule has 0 spiro atoms. The number of nitrogens with zero attached hydrogens (tertiary/aromatic N) is 1. The van der Waals surface area contributed by atoms with Crippen molar-refractivity contribution < 1.29 is 32.9 Å². The first-order chi connectivity index (χ1) is 18.6. The molecule has 2 amide bonds. The van der Waals surface area contributed by atoms with Crippen LogP contribution in [0.5, 0.6) is 5.75 Å². The number of ether oxygens (including phenoxy) is 4. The molecule has 1 fully saturated rings. The van der Waals surface area contributed by atoms with Gasteiger partial charge in [-0.2, -0.15) is 0 Å². The fraction of sp³-hybridized carbons (Fsp3) is 0.500. The molecule has 1 atom stereocenters. The van der Waals surface area contributed by atoms with Gasteiger partial charge in [-0.15, -0.1) is 0 Å². The lowest BCUT2D eigenvalue weighted by Crippen LogP contribution is -2.42. The van der Waals surface area contributed by atoms with E-state index in [9.17, 15) is 9.59 Å². The number of anilines is 2. The van der Waals surface area contributed by atoms with Crippen molar-refractivity contribution in [3.8, 4) is 5.75 Å². The molecule has 0 bridgehead atoms. The average Bonchev–Trinajstić information content (AvgIpc) is 2.87. The Hall–Kier alpha value is -3.08. The predicted octanol–water partition coefficient (Wildman–Crippen LogP) is 5.47. The van der Waals surface area contributed by atoms with Gasteiger partial charge in [-0.05, 0) is 75.9 Å². The van der Waals surface area contributed by atoms with Crippen LogP contribution in [0.25, 0.3) is 0 Å². The van der Waals surface area contributed by atoms with Gasteiger partial charge in [0.05, 0.1) is 24.5 Å². The molecule has 214 valence electrons. The largest absolute Gasteiger partial charge is 0.467 e. The van der Waals surface area contributed by atoms with Gasteiger partial charge in [0.1, 0.15) is 17.2 Å². The number of benzene rings is 2. The molecule has 2 aromatic carbocycles. The number of amides is 2. The molecule has 1 heterocycles. The summed E-state index contributed by atoms with van der Waals surface area (Å²) in [6, 6.07) is 9.24. The zero-order chi connectivity index (χ0) is 28.4. The second kappa shape index (κ2) is 14.3. The first kappa shape index (κ1) is 30.5. The highest BCUT2D eigenvalue weighted by atomic mass is 35.5. The van der Waals surface area contributed by atoms with Gasteiger partial charge in [0.15, 0.2) is 6.79 Å². The van der Waals surface area contributed by atoms with Crippen LogP contribution in [0.4, 0.5) is 20.6 Å². The number of rotatable bonds is 11. The van der Waals surface area contributed by atoms with Crippen molar-refractivity contribution >= 4 is 35.0 Å². The zero-order valence-electron chi connectivity index (χ0n) is 22.9. The molecule has 11 heteroatoms. The number of methoxy groups -OCH3 is 1. The lowest BCUT2D eigenvalue weighted by atomic mass is 9.97. The van der Waals surface area contributed by atoms with Crippen molar-refractivity contribution in [3.05, 3.63) is 52.8 Å². The summed E-state index contributed by atoms with van der Waals surface area (Å²) in [5.41, 5.74) is 0.361. The molecule has 1 saturated heterocycles. The van der Waals surface area contributed by atoms with E-state index in [2.05, 4.69) is 10.6 Å². The molecule has 1 unspecified atom stereocenters. The third-order valence-corrected chi connectivity index (χ3v) is 6.15. The molecule has 3 rings (SSSR count). The van der Waals surface area contributed by atoms with E-state index in [4.69, 9.17) is 30.5 Å². The third kappa shape index (κ3) is 9.87. The fourth-order valence-electron chi connectivity index (χ4n) is 4.14. The minimum absolute atomic E-state index is 0.0707. The summed E-state index contributed by atoms with van der Waals surface area (Å²) in [6.07, 6.45) is 1.33. The average molecular weight is 566 g/mol. The highest BCUT2D eigenvalue weighted by Crippen LogP contribution is 2.29. The predicted molar refractivity (Wildman–Crippen MR) is 148 cm³/mol. The Bertz CT molecular complexity index is 1130. The minimum atomic E-state index is -0.567. The molecule has 2 N–H and O–H groups in total. The van der Waals surface area contributed by atoms with Gasteiger partial charge in [0.2, 0.25) is 0 Å². The smallest absolute Gasteiger partial charge is 0.407 e. The summed E-state index contributed by atoms with van der Waals surface area (Å²) in [5.74, 6) is -0.513. The molecule has 0 aliphatic carbocycles. The Morgan fingerprint density at radius 3 is 2.67 bits per heavy atom.